The van der Waals surface area contributed by atoms with Gasteiger partial charge in [-0.15, -0.1) is 11.8 Å². The van der Waals surface area contributed by atoms with Crippen LogP contribution in [0.2, 0.25) is 0 Å². The van der Waals surface area contributed by atoms with Crippen LogP contribution in [0.4, 0.5) is 0 Å². The van der Waals surface area contributed by atoms with E-state index >= 15 is 0 Å². The minimum Gasteiger partial charge on any atom is -0.328 e. The van der Waals surface area contributed by atoms with E-state index in [2.05, 4.69) is 0 Å². The molecule has 1 saturated carbocycles. The molecule has 0 aromatic carbocycles. The second-order valence-electron chi connectivity index (χ2n) is 5.31. The molecular formula is C12H18N2O2S. The molecule has 0 aromatic heterocycles. The Morgan fingerprint density at radius 2 is 2.24 bits per heavy atom. The summed E-state index contributed by atoms with van der Waals surface area (Å²) in [5, 5.41) is 0.654. The molecule has 3 rings (SSSR count). The number of rotatable bonds is 1. The Kier molecular flexibility index (Phi) is 2.91. The van der Waals surface area contributed by atoms with Gasteiger partial charge in [-0.2, -0.15) is 0 Å². The molecule has 0 N–H and O–H groups in total. The fraction of sp³-hybridized carbons (Fsp3) is 0.833. The Bertz CT molecular complexity index is 360. The normalized spacial score (nSPS) is 37.8. The van der Waals surface area contributed by atoms with Gasteiger partial charge in [-0.05, 0) is 19.9 Å². The molecule has 2 heterocycles. The Morgan fingerprint density at radius 3 is 2.94 bits per heavy atom. The Morgan fingerprint density at radius 1 is 1.41 bits per heavy atom. The zero-order valence-electron chi connectivity index (χ0n) is 10.1. The monoisotopic (exact) mass is 254 g/mol. The van der Waals surface area contributed by atoms with Crippen LogP contribution >= 0.6 is 11.8 Å². The maximum atomic E-state index is 12.5. The maximum Gasteiger partial charge on any atom is 0.241 e. The van der Waals surface area contributed by atoms with E-state index in [1.165, 1.54) is 12.8 Å². The number of fused-ring (bicyclic) bond motifs is 1. The van der Waals surface area contributed by atoms with Crippen LogP contribution in [0.15, 0.2) is 0 Å². The van der Waals surface area contributed by atoms with Crippen LogP contribution in [0.25, 0.3) is 0 Å². The highest BCUT2D eigenvalue weighted by Crippen LogP contribution is 2.40. The zero-order chi connectivity index (χ0) is 12.0. The van der Waals surface area contributed by atoms with E-state index in [0.717, 1.165) is 12.3 Å². The summed E-state index contributed by atoms with van der Waals surface area (Å²) in [7, 11) is 1.88. The molecule has 0 aromatic rings. The number of nitrogens with zero attached hydrogens (tertiary/aromatic N) is 2. The molecule has 0 bridgehead atoms. The largest absolute Gasteiger partial charge is 0.328 e. The number of thioether (sulfide) groups is 1. The molecule has 0 spiro atoms. The molecule has 2 saturated heterocycles. The van der Waals surface area contributed by atoms with E-state index in [0.29, 0.717) is 24.3 Å². The van der Waals surface area contributed by atoms with Crippen LogP contribution in [-0.2, 0) is 9.59 Å². The van der Waals surface area contributed by atoms with Gasteiger partial charge in [0, 0.05) is 17.7 Å². The molecule has 3 aliphatic rings. The first-order valence-corrected chi connectivity index (χ1v) is 7.35. The van der Waals surface area contributed by atoms with E-state index in [1.54, 1.807) is 0 Å². The number of Topliss-reactive ketones (excluding diaryl/α,β-unsaturated/α-hetero) is 1. The summed E-state index contributed by atoms with van der Waals surface area (Å²) < 4.78 is 0. The number of carbonyl (C=O) groups is 2. The van der Waals surface area contributed by atoms with Gasteiger partial charge in [-0.3, -0.25) is 14.5 Å². The van der Waals surface area contributed by atoms with E-state index in [-0.39, 0.29) is 17.7 Å². The topological polar surface area (TPSA) is 40.6 Å². The van der Waals surface area contributed by atoms with Gasteiger partial charge in [-0.25, -0.2) is 0 Å². The van der Waals surface area contributed by atoms with Gasteiger partial charge >= 0.3 is 0 Å². The fourth-order valence-corrected chi connectivity index (χ4v) is 4.76. The summed E-state index contributed by atoms with van der Waals surface area (Å²) >= 11 is 1.91. The minimum atomic E-state index is -0.192. The highest BCUT2D eigenvalue weighted by atomic mass is 32.2. The van der Waals surface area contributed by atoms with Gasteiger partial charge in [0.2, 0.25) is 5.91 Å². The minimum absolute atomic E-state index is 0.181. The van der Waals surface area contributed by atoms with Gasteiger partial charge < -0.3 is 4.90 Å². The lowest BCUT2D eigenvalue weighted by molar-refractivity contribution is -0.136. The lowest BCUT2D eigenvalue weighted by Crippen LogP contribution is -2.47. The Labute approximate surface area is 106 Å². The highest BCUT2D eigenvalue weighted by Gasteiger charge is 2.44. The summed E-state index contributed by atoms with van der Waals surface area (Å²) in [5.41, 5.74) is 0. The summed E-state index contributed by atoms with van der Waals surface area (Å²) in [6, 6.07) is 0.249. The third kappa shape index (κ3) is 1.89. The number of carbonyl (C=O) groups excluding carboxylic acids is 2. The van der Waals surface area contributed by atoms with Gasteiger partial charge in [-0.1, -0.05) is 6.42 Å². The molecule has 4 nitrogen and oxygen atoms in total. The van der Waals surface area contributed by atoms with Crippen molar-refractivity contribution < 1.29 is 9.59 Å². The van der Waals surface area contributed by atoms with E-state index in [1.807, 2.05) is 28.6 Å². The van der Waals surface area contributed by atoms with E-state index in [9.17, 15) is 9.59 Å². The molecule has 0 radical (unpaired) electrons. The fourth-order valence-electron chi connectivity index (χ4n) is 3.25. The second-order valence-corrected chi connectivity index (χ2v) is 6.51. The molecule has 2 unspecified atom stereocenters. The van der Waals surface area contributed by atoms with E-state index < -0.39 is 0 Å². The molecule has 3 fully saturated rings. The van der Waals surface area contributed by atoms with Crippen molar-refractivity contribution >= 4 is 23.5 Å². The van der Waals surface area contributed by atoms with Crippen molar-refractivity contribution in [1.82, 2.24) is 9.80 Å². The molecule has 17 heavy (non-hydrogen) atoms. The van der Waals surface area contributed by atoms with Gasteiger partial charge in [0.05, 0.1) is 18.5 Å². The smallest absolute Gasteiger partial charge is 0.241 e. The molecule has 94 valence electrons. The van der Waals surface area contributed by atoms with E-state index in [4.69, 9.17) is 0 Å². The Balaban J connectivity index is 1.72. The third-order valence-electron chi connectivity index (χ3n) is 4.19. The van der Waals surface area contributed by atoms with Crippen LogP contribution in [0.1, 0.15) is 25.7 Å². The lowest BCUT2D eigenvalue weighted by atomic mass is 10.1. The number of hydrogen-bond donors (Lipinski definition) is 0. The maximum absolute atomic E-state index is 12.5. The summed E-state index contributed by atoms with van der Waals surface area (Å²) in [6.45, 7) is 0.436. The molecule has 2 aliphatic heterocycles. The standard InChI is InChI=1S/C12H18N2O2S/c1-13-6-8(15)5-10(13)12(16)14-7-17-11-4-2-3-9(11)14/h9-11H,2-7H2,1H3/t9?,10-,11?/m0/s1. The average Bonchev–Trinajstić information content (AvgIpc) is 2.91. The summed E-state index contributed by atoms with van der Waals surface area (Å²) in [5.74, 6) is 1.20. The molecule has 3 atom stereocenters. The van der Waals surface area contributed by atoms with Crippen molar-refractivity contribution in [2.24, 2.45) is 0 Å². The van der Waals surface area contributed by atoms with Crippen LogP contribution in [0.3, 0.4) is 0 Å². The van der Waals surface area contributed by atoms with Crippen molar-refractivity contribution in [3.8, 4) is 0 Å². The number of likely N-dealkylation sites (N-methyl/N-ethyl adjacent to an activating group) is 1. The number of ketones is 1. The number of likely N-dealkylation sites (tertiary alicyclic amines) is 1. The van der Waals surface area contributed by atoms with Crippen LogP contribution in [0, 0.1) is 0 Å². The van der Waals surface area contributed by atoms with Crippen molar-refractivity contribution in [1.29, 1.82) is 0 Å². The number of amides is 1. The molecule has 5 heteroatoms. The SMILES string of the molecule is CN1CC(=O)C[C@H]1C(=O)N1CSC2CCCC21. The quantitative estimate of drug-likeness (QED) is 0.691. The first-order valence-electron chi connectivity index (χ1n) is 6.31. The van der Waals surface area contributed by atoms with Gasteiger partial charge in [0.15, 0.2) is 0 Å². The lowest BCUT2D eigenvalue weighted by Gasteiger charge is -2.28. The Hall–Kier alpha value is -0.550. The summed E-state index contributed by atoms with van der Waals surface area (Å²) in [4.78, 5) is 27.8. The van der Waals surface area contributed by atoms with Crippen LogP contribution < -0.4 is 0 Å². The second kappa shape index (κ2) is 4.28. The third-order valence-corrected chi connectivity index (χ3v) is 5.60. The predicted molar refractivity (Wildman–Crippen MR) is 66.8 cm³/mol. The van der Waals surface area contributed by atoms with Crippen LogP contribution in [-0.4, -0.2) is 58.3 Å². The zero-order valence-corrected chi connectivity index (χ0v) is 10.9. The number of hydrogen-bond acceptors (Lipinski definition) is 4. The first-order chi connectivity index (χ1) is 8.16. The molecule has 1 amide bonds. The average molecular weight is 254 g/mol. The van der Waals surface area contributed by atoms with Gasteiger partial charge in [0.1, 0.15) is 5.78 Å². The van der Waals surface area contributed by atoms with Crippen molar-refractivity contribution in [2.45, 2.75) is 43.0 Å². The van der Waals surface area contributed by atoms with Crippen molar-refractivity contribution in [2.75, 3.05) is 19.5 Å². The first kappa shape index (κ1) is 11.5. The summed E-state index contributed by atoms with van der Waals surface area (Å²) in [6.07, 6.45) is 4.05. The van der Waals surface area contributed by atoms with Crippen LogP contribution in [0.5, 0.6) is 0 Å². The van der Waals surface area contributed by atoms with Crippen molar-refractivity contribution in [3.63, 3.8) is 0 Å². The van der Waals surface area contributed by atoms with Gasteiger partial charge in [0.25, 0.3) is 0 Å². The van der Waals surface area contributed by atoms with Crippen molar-refractivity contribution in [3.05, 3.63) is 0 Å². The molecular weight excluding hydrogens is 236 g/mol. The highest BCUT2D eigenvalue weighted by molar-refractivity contribution is 8.00. The molecule has 1 aliphatic carbocycles. The predicted octanol–water partition coefficient (Wildman–Crippen LogP) is 0.714.